The van der Waals surface area contributed by atoms with Gasteiger partial charge in [0.15, 0.2) is 11.6 Å². The number of rotatable bonds is 5. The van der Waals surface area contributed by atoms with E-state index in [0.717, 1.165) is 12.1 Å². The van der Waals surface area contributed by atoms with E-state index in [2.05, 4.69) is 25.7 Å². The highest BCUT2D eigenvalue weighted by Crippen LogP contribution is 2.13. The Balaban J connectivity index is 2.15. The van der Waals surface area contributed by atoms with Gasteiger partial charge in [-0.1, -0.05) is 6.07 Å². The molecular formula is C12H15F2N7. The van der Waals surface area contributed by atoms with Crippen LogP contribution < -0.4 is 21.5 Å². The van der Waals surface area contributed by atoms with Crippen LogP contribution in [0.1, 0.15) is 5.56 Å². The third-order valence-corrected chi connectivity index (χ3v) is 2.59. The van der Waals surface area contributed by atoms with Crippen molar-refractivity contribution in [2.75, 3.05) is 29.7 Å². The van der Waals surface area contributed by atoms with Crippen LogP contribution in [-0.4, -0.2) is 29.0 Å². The maximum atomic E-state index is 13.1. The van der Waals surface area contributed by atoms with Crippen LogP contribution in [0.25, 0.3) is 0 Å². The Kier molecular flexibility index (Phi) is 4.43. The second-order valence-electron chi connectivity index (χ2n) is 4.42. The van der Waals surface area contributed by atoms with Crippen LogP contribution in [0.4, 0.5) is 26.6 Å². The van der Waals surface area contributed by atoms with Crippen LogP contribution in [0.5, 0.6) is 0 Å². The van der Waals surface area contributed by atoms with E-state index < -0.39 is 11.6 Å². The largest absolute Gasteiger partial charge is 0.350 e. The van der Waals surface area contributed by atoms with Crippen LogP contribution in [0, 0.1) is 11.6 Å². The number of nitrogen functional groups attached to an aromatic ring is 1. The van der Waals surface area contributed by atoms with Gasteiger partial charge in [-0.15, -0.1) is 0 Å². The summed E-state index contributed by atoms with van der Waals surface area (Å²) in [6.07, 6.45) is 0. The smallest absolute Gasteiger partial charge is 0.243 e. The molecule has 1 heterocycles. The van der Waals surface area contributed by atoms with E-state index in [-0.39, 0.29) is 18.4 Å². The minimum absolute atomic E-state index is 0.196. The number of benzene rings is 1. The zero-order chi connectivity index (χ0) is 15.4. The molecule has 0 radical (unpaired) electrons. The summed E-state index contributed by atoms with van der Waals surface area (Å²) in [5.41, 5.74) is 2.90. The molecule has 1 aromatic carbocycles. The molecular weight excluding hydrogens is 280 g/mol. The van der Waals surface area contributed by atoms with Gasteiger partial charge in [-0.2, -0.15) is 15.0 Å². The number of hydrogen-bond donors (Lipinski definition) is 3. The molecule has 1 aromatic heterocycles. The lowest BCUT2D eigenvalue weighted by Crippen LogP contribution is -2.19. The Morgan fingerprint density at radius 3 is 2.43 bits per heavy atom. The van der Waals surface area contributed by atoms with E-state index in [9.17, 15) is 8.78 Å². The second kappa shape index (κ2) is 6.27. The fraction of sp³-hybridized carbons (Fsp3) is 0.250. The van der Waals surface area contributed by atoms with Crippen LogP contribution in [0.2, 0.25) is 0 Å². The number of halogens is 2. The zero-order valence-corrected chi connectivity index (χ0v) is 11.6. The average molecular weight is 295 g/mol. The highest BCUT2D eigenvalue weighted by molar-refractivity contribution is 5.42. The number of nitrogens with one attached hydrogen (secondary N) is 2. The van der Waals surface area contributed by atoms with Crippen molar-refractivity contribution in [2.24, 2.45) is 5.84 Å². The standard InChI is InChI=1S/C12H15F2N7/c1-21(2)12-18-10(17-11(19-12)20-15)16-6-7-3-4-8(13)9(14)5-7/h3-5H,6,15H2,1-2H3,(H2,16,17,18,19,20). The lowest BCUT2D eigenvalue weighted by atomic mass is 10.2. The summed E-state index contributed by atoms with van der Waals surface area (Å²) in [6.45, 7) is 0.234. The van der Waals surface area contributed by atoms with E-state index >= 15 is 0 Å². The van der Waals surface area contributed by atoms with Crippen molar-refractivity contribution < 1.29 is 8.78 Å². The average Bonchev–Trinajstić information content (AvgIpc) is 2.48. The Labute approximate surface area is 120 Å². The molecule has 0 aliphatic carbocycles. The SMILES string of the molecule is CN(C)c1nc(NN)nc(NCc2ccc(F)c(F)c2)n1. The molecule has 0 atom stereocenters. The number of hydrogen-bond acceptors (Lipinski definition) is 7. The van der Waals surface area contributed by atoms with Crippen molar-refractivity contribution in [2.45, 2.75) is 6.54 Å². The van der Waals surface area contributed by atoms with Crippen molar-refractivity contribution in [3.8, 4) is 0 Å². The highest BCUT2D eigenvalue weighted by Gasteiger charge is 2.08. The van der Waals surface area contributed by atoms with E-state index in [1.54, 1.807) is 19.0 Å². The molecule has 112 valence electrons. The number of hydrazine groups is 1. The molecule has 21 heavy (non-hydrogen) atoms. The van der Waals surface area contributed by atoms with Gasteiger partial charge < -0.3 is 10.2 Å². The van der Waals surface area contributed by atoms with Crippen molar-refractivity contribution in [3.63, 3.8) is 0 Å². The van der Waals surface area contributed by atoms with Crippen LogP contribution >= 0.6 is 0 Å². The second-order valence-corrected chi connectivity index (χ2v) is 4.42. The minimum atomic E-state index is -0.900. The monoisotopic (exact) mass is 295 g/mol. The van der Waals surface area contributed by atoms with Gasteiger partial charge in [-0.05, 0) is 17.7 Å². The van der Waals surface area contributed by atoms with Gasteiger partial charge in [0.2, 0.25) is 17.8 Å². The van der Waals surface area contributed by atoms with Crippen LogP contribution in [-0.2, 0) is 6.54 Å². The molecule has 7 nitrogen and oxygen atoms in total. The van der Waals surface area contributed by atoms with Crippen molar-refractivity contribution in [1.29, 1.82) is 0 Å². The fourth-order valence-electron chi connectivity index (χ4n) is 1.54. The molecule has 0 spiro atoms. The molecule has 0 aliphatic heterocycles. The molecule has 2 rings (SSSR count). The van der Waals surface area contributed by atoms with Crippen LogP contribution in [0.15, 0.2) is 18.2 Å². The minimum Gasteiger partial charge on any atom is -0.350 e. The first-order valence-corrected chi connectivity index (χ1v) is 6.07. The number of anilines is 3. The first-order valence-electron chi connectivity index (χ1n) is 6.07. The maximum Gasteiger partial charge on any atom is 0.243 e. The van der Waals surface area contributed by atoms with E-state index in [1.165, 1.54) is 6.07 Å². The summed E-state index contributed by atoms with van der Waals surface area (Å²) in [7, 11) is 3.55. The van der Waals surface area contributed by atoms with Gasteiger partial charge in [0, 0.05) is 20.6 Å². The van der Waals surface area contributed by atoms with Gasteiger partial charge in [0.1, 0.15) is 0 Å². The first kappa shape index (κ1) is 14.9. The third-order valence-electron chi connectivity index (χ3n) is 2.59. The van der Waals surface area contributed by atoms with Gasteiger partial charge in [-0.25, -0.2) is 14.6 Å². The fourth-order valence-corrected chi connectivity index (χ4v) is 1.54. The molecule has 0 saturated carbocycles. The molecule has 0 amide bonds. The van der Waals surface area contributed by atoms with E-state index in [4.69, 9.17) is 5.84 Å². The summed E-state index contributed by atoms with van der Waals surface area (Å²) in [5, 5.41) is 2.90. The van der Waals surface area contributed by atoms with E-state index in [0.29, 0.717) is 11.5 Å². The van der Waals surface area contributed by atoms with Gasteiger partial charge >= 0.3 is 0 Å². The quantitative estimate of drug-likeness (QED) is 0.562. The molecule has 0 unspecified atom stereocenters. The lowest BCUT2D eigenvalue weighted by molar-refractivity contribution is 0.507. The molecule has 0 fully saturated rings. The Hall–Kier alpha value is -2.55. The third kappa shape index (κ3) is 3.72. The Morgan fingerprint density at radius 2 is 1.81 bits per heavy atom. The number of aromatic nitrogens is 3. The maximum absolute atomic E-state index is 13.1. The first-order chi connectivity index (χ1) is 9.99. The molecule has 0 saturated heterocycles. The van der Waals surface area contributed by atoms with Gasteiger partial charge in [0.05, 0.1) is 0 Å². The topological polar surface area (TPSA) is 92.0 Å². The lowest BCUT2D eigenvalue weighted by Gasteiger charge is -2.13. The Morgan fingerprint density at radius 1 is 1.10 bits per heavy atom. The summed E-state index contributed by atoms with van der Waals surface area (Å²) in [4.78, 5) is 13.9. The van der Waals surface area contributed by atoms with Crippen molar-refractivity contribution in [3.05, 3.63) is 35.4 Å². The summed E-state index contributed by atoms with van der Waals surface area (Å²) >= 11 is 0. The van der Waals surface area contributed by atoms with Crippen molar-refractivity contribution >= 4 is 17.8 Å². The summed E-state index contributed by atoms with van der Waals surface area (Å²) < 4.78 is 26.0. The predicted molar refractivity (Wildman–Crippen MR) is 75.6 cm³/mol. The number of nitrogens with zero attached hydrogens (tertiary/aromatic N) is 4. The van der Waals surface area contributed by atoms with Crippen molar-refractivity contribution in [1.82, 2.24) is 15.0 Å². The molecule has 4 N–H and O–H groups in total. The molecule has 9 heteroatoms. The van der Waals surface area contributed by atoms with E-state index in [1.807, 2.05) is 0 Å². The van der Waals surface area contributed by atoms with Gasteiger partial charge in [0.25, 0.3) is 0 Å². The molecule has 0 bridgehead atoms. The highest BCUT2D eigenvalue weighted by atomic mass is 19.2. The molecule has 2 aromatic rings. The Bertz CT molecular complexity index is 633. The zero-order valence-electron chi connectivity index (χ0n) is 11.6. The summed E-state index contributed by atoms with van der Waals surface area (Å²) in [6, 6.07) is 3.65. The predicted octanol–water partition coefficient (Wildman–Crippen LogP) is 1.11. The number of nitrogens with two attached hydrogens (primary N) is 1. The molecule has 0 aliphatic rings. The van der Waals surface area contributed by atoms with Gasteiger partial charge in [-0.3, -0.25) is 5.43 Å². The normalized spacial score (nSPS) is 10.3. The summed E-state index contributed by atoms with van der Waals surface area (Å²) in [5.74, 6) is 4.38. The van der Waals surface area contributed by atoms with Crippen LogP contribution in [0.3, 0.4) is 0 Å².